The van der Waals surface area contributed by atoms with Gasteiger partial charge in [-0.2, -0.15) is 0 Å². The zero-order valence-electron chi connectivity index (χ0n) is 7.09. The Balaban J connectivity index is 3.02. The Morgan fingerprint density at radius 3 is 2.36 bits per heavy atom. The molecule has 1 heterocycles. The van der Waals surface area contributed by atoms with E-state index in [-0.39, 0.29) is 5.41 Å². The molecule has 0 amide bonds. The number of aromatic nitrogens is 2. The van der Waals surface area contributed by atoms with Gasteiger partial charge in [-0.3, -0.25) is 0 Å². The van der Waals surface area contributed by atoms with E-state index in [1.54, 1.807) is 0 Å². The van der Waals surface area contributed by atoms with E-state index in [1.165, 1.54) is 0 Å². The van der Waals surface area contributed by atoms with Crippen LogP contribution in [-0.2, 0) is 12.0 Å². The zero-order chi connectivity index (χ0) is 8.48. The van der Waals surface area contributed by atoms with E-state index >= 15 is 0 Å². The van der Waals surface area contributed by atoms with Gasteiger partial charge in [0.05, 0.1) is 0 Å². The van der Waals surface area contributed by atoms with Crippen molar-refractivity contribution >= 4 is 0 Å². The molecule has 0 unspecified atom stereocenters. The Bertz CT molecular complexity index is 236. The fourth-order valence-electron chi connectivity index (χ4n) is 0.910. The quantitative estimate of drug-likeness (QED) is 0.652. The van der Waals surface area contributed by atoms with Crippen molar-refractivity contribution in [2.45, 2.75) is 32.7 Å². The summed E-state index contributed by atoms with van der Waals surface area (Å²) in [7, 11) is 0. The summed E-state index contributed by atoms with van der Waals surface area (Å²) >= 11 is 0. The molecule has 0 saturated carbocycles. The van der Waals surface area contributed by atoms with Crippen LogP contribution in [0.1, 0.15) is 32.2 Å². The van der Waals surface area contributed by atoms with Crippen LogP contribution in [0.2, 0.25) is 0 Å². The molecule has 0 aliphatic carbocycles. The molecule has 0 aliphatic rings. The second kappa shape index (κ2) is 2.62. The number of rotatable bonds is 1. The first-order chi connectivity index (χ1) is 5.05. The lowest BCUT2D eigenvalue weighted by Gasteiger charge is -2.14. The van der Waals surface area contributed by atoms with E-state index in [2.05, 4.69) is 14.9 Å². The molecule has 0 aromatic carbocycles. The van der Waals surface area contributed by atoms with E-state index < -0.39 is 0 Å². The second-order valence-corrected chi connectivity index (χ2v) is 3.51. The maximum atomic E-state index is 5.43. The molecule has 0 spiro atoms. The van der Waals surface area contributed by atoms with Gasteiger partial charge in [0.2, 0.25) is 0 Å². The van der Waals surface area contributed by atoms with Crippen LogP contribution in [0.15, 0.2) is 4.63 Å². The third-order valence-corrected chi connectivity index (χ3v) is 1.46. The van der Waals surface area contributed by atoms with Gasteiger partial charge in [-0.05, 0) is 0 Å². The maximum absolute atomic E-state index is 5.43. The van der Waals surface area contributed by atoms with Gasteiger partial charge >= 0.3 is 0 Å². The smallest absolute Gasteiger partial charge is 0.122 e. The molecular formula is C7H13N3O. The maximum Gasteiger partial charge on any atom is 0.122 e. The molecule has 0 bridgehead atoms. The summed E-state index contributed by atoms with van der Waals surface area (Å²) in [6.07, 6.45) is 0. The van der Waals surface area contributed by atoms with E-state index in [4.69, 9.17) is 5.73 Å². The Hall–Kier alpha value is -0.900. The van der Waals surface area contributed by atoms with Gasteiger partial charge in [0, 0.05) is 12.0 Å². The molecular weight excluding hydrogens is 142 g/mol. The summed E-state index contributed by atoms with van der Waals surface area (Å²) in [4.78, 5) is 0. The molecule has 0 aliphatic heterocycles. The van der Waals surface area contributed by atoms with Crippen molar-refractivity contribution in [3.8, 4) is 0 Å². The molecule has 1 aromatic rings. The predicted octanol–water partition coefficient (Wildman–Crippen LogP) is 0.826. The minimum Gasteiger partial charge on any atom is -0.325 e. The third-order valence-electron chi connectivity index (χ3n) is 1.46. The Morgan fingerprint density at radius 1 is 1.36 bits per heavy atom. The lowest BCUT2D eigenvalue weighted by molar-refractivity contribution is 0.294. The van der Waals surface area contributed by atoms with Crippen LogP contribution in [0.3, 0.4) is 0 Å². The van der Waals surface area contributed by atoms with Crippen molar-refractivity contribution in [1.82, 2.24) is 10.3 Å². The molecule has 0 saturated heterocycles. The molecule has 1 rings (SSSR count). The Morgan fingerprint density at radius 2 is 2.00 bits per heavy atom. The Labute approximate surface area is 65.7 Å². The van der Waals surface area contributed by atoms with Crippen molar-refractivity contribution < 1.29 is 4.63 Å². The van der Waals surface area contributed by atoms with Crippen LogP contribution >= 0.6 is 0 Å². The molecule has 0 radical (unpaired) electrons. The summed E-state index contributed by atoms with van der Waals surface area (Å²) in [5.41, 5.74) is 6.99. The highest BCUT2D eigenvalue weighted by molar-refractivity contribution is 5.16. The molecule has 0 atom stereocenters. The number of hydrogen-bond acceptors (Lipinski definition) is 4. The van der Waals surface area contributed by atoms with E-state index in [0.29, 0.717) is 6.54 Å². The Kier molecular flexibility index (Phi) is 1.95. The molecule has 2 N–H and O–H groups in total. The van der Waals surface area contributed by atoms with Gasteiger partial charge in [0.25, 0.3) is 0 Å². The standard InChI is InChI=1S/C7H13N3O/c1-7(2,3)6-5(4-8)9-11-10-6/h4,8H2,1-3H3. The lowest BCUT2D eigenvalue weighted by atomic mass is 9.91. The lowest BCUT2D eigenvalue weighted by Crippen LogP contribution is -2.16. The van der Waals surface area contributed by atoms with Crippen LogP contribution in [0.4, 0.5) is 0 Å². The van der Waals surface area contributed by atoms with Gasteiger partial charge in [-0.15, -0.1) is 0 Å². The van der Waals surface area contributed by atoms with Crippen molar-refractivity contribution in [3.63, 3.8) is 0 Å². The first-order valence-corrected chi connectivity index (χ1v) is 3.57. The van der Waals surface area contributed by atoms with Crippen LogP contribution in [0.5, 0.6) is 0 Å². The monoisotopic (exact) mass is 155 g/mol. The van der Waals surface area contributed by atoms with Gasteiger partial charge in [-0.1, -0.05) is 31.1 Å². The van der Waals surface area contributed by atoms with Crippen LogP contribution < -0.4 is 5.73 Å². The summed E-state index contributed by atoms with van der Waals surface area (Å²) in [6, 6.07) is 0. The molecule has 0 fully saturated rings. The highest BCUT2D eigenvalue weighted by Gasteiger charge is 2.22. The highest BCUT2D eigenvalue weighted by Crippen LogP contribution is 2.21. The highest BCUT2D eigenvalue weighted by atomic mass is 16.6. The SMILES string of the molecule is CC(C)(C)c1nonc1CN. The summed E-state index contributed by atoms with van der Waals surface area (Å²) in [5.74, 6) is 0. The number of nitrogens with two attached hydrogens (primary N) is 1. The molecule has 11 heavy (non-hydrogen) atoms. The van der Waals surface area contributed by atoms with Gasteiger partial charge in [0.1, 0.15) is 11.4 Å². The van der Waals surface area contributed by atoms with Crippen molar-refractivity contribution in [2.75, 3.05) is 0 Å². The average Bonchev–Trinajstić information content (AvgIpc) is 2.31. The van der Waals surface area contributed by atoms with Crippen LogP contribution in [0, 0.1) is 0 Å². The fourth-order valence-corrected chi connectivity index (χ4v) is 0.910. The van der Waals surface area contributed by atoms with Gasteiger partial charge in [-0.25, -0.2) is 4.63 Å². The first-order valence-electron chi connectivity index (χ1n) is 3.57. The fraction of sp³-hybridized carbons (Fsp3) is 0.714. The van der Waals surface area contributed by atoms with Crippen LogP contribution in [0.25, 0.3) is 0 Å². The minimum atomic E-state index is -0.0330. The number of hydrogen-bond donors (Lipinski definition) is 1. The number of nitrogens with zero attached hydrogens (tertiary/aromatic N) is 2. The predicted molar refractivity (Wildman–Crippen MR) is 40.9 cm³/mol. The zero-order valence-corrected chi connectivity index (χ0v) is 7.09. The van der Waals surface area contributed by atoms with E-state index in [9.17, 15) is 0 Å². The van der Waals surface area contributed by atoms with E-state index in [1.807, 2.05) is 20.8 Å². The van der Waals surface area contributed by atoms with Crippen molar-refractivity contribution in [1.29, 1.82) is 0 Å². The molecule has 62 valence electrons. The van der Waals surface area contributed by atoms with E-state index in [0.717, 1.165) is 11.4 Å². The largest absolute Gasteiger partial charge is 0.325 e. The van der Waals surface area contributed by atoms with Crippen molar-refractivity contribution in [3.05, 3.63) is 11.4 Å². The van der Waals surface area contributed by atoms with Crippen LogP contribution in [-0.4, -0.2) is 10.3 Å². The summed E-state index contributed by atoms with van der Waals surface area (Å²) in [6.45, 7) is 6.53. The summed E-state index contributed by atoms with van der Waals surface area (Å²) in [5, 5.41) is 7.48. The molecule has 4 nitrogen and oxygen atoms in total. The third kappa shape index (κ3) is 1.57. The molecule has 1 aromatic heterocycles. The van der Waals surface area contributed by atoms with Gasteiger partial charge in [0.15, 0.2) is 0 Å². The summed E-state index contributed by atoms with van der Waals surface area (Å²) < 4.78 is 4.58. The van der Waals surface area contributed by atoms with Crippen molar-refractivity contribution in [2.24, 2.45) is 5.73 Å². The first kappa shape index (κ1) is 8.20. The second-order valence-electron chi connectivity index (χ2n) is 3.51. The normalized spacial score (nSPS) is 12.0. The minimum absolute atomic E-state index is 0.0330. The average molecular weight is 155 g/mol. The molecule has 4 heteroatoms. The van der Waals surface area contributed by atoms with Gasteiger partial charge < -0.3 is 5.73 Å². The topological polar surface area (TPSA) is 64.9 Å².